The van der Waals surface area contributed by atoms with Gasteiger partial charge < -0.3 is 15.8 Å². The van der Waals surface area contributed by atoms with E-state index in [0.29, 0.717) is 34.7 Å². The summed E-state index contributed by atoms with van der Waals surface area (Å²) in [6.07, 6.45) is 11.0. The lowest BCUT2D eigenvalue weighted by Gasteiger charge is -2.21. The molecule has 34 heavy (non-hydrogen) atoms. The number of rotatable bonds is 7. The normalized spacial score (nSPS) is 14.3. The molecule has 1 amide bonds. The van der Waals surface area contributed by atoms with E-state index >= 15 is 0 Å². The SMILES string of the molecule is COc1cnc(-c2nn(CC3CCCCC3)c3ccccc23)nc1Nc1ccncc1C(N)=O. The predicted octanol–water partition coefficient (Wildman–Crippen LogP) is 4.32. The molecule has 0 aliphatic heterocycles. The van der Waals surface area contributed by atoms with E-state index in [-0.39, 0.29) is 5.56 Å². The Hall–Kier alpha value is -4.01. The fraction of sp³-hybridized carbons (Fsp3) is 0.320. The lowest BCUT2D eigenvalue weighted by atomic mass is 9.89. The molecule has 174 valence electrons. The molecular formula is C25H27N7O2. The van der Waals surface area contributed by atoms with E-state index in [2.05, 4.69) is 26.0 Å². The Bertz CT molecular complexity index is 1330. The standard InChI is InChI=1S/C25H27N7O2/c1-34-21-14-28-25(30-24(21)29-19-11-12-27-13-18(19)23(26)33)22-17-9-5-6-10-20(17)32(31-22)15-16-7-3-2-4-8-16/h5-6,9-14,16H,2-4,7-8,15H2,1H3,(H2,26,33)(H,27,28,29,30). The van der Waals surface area contributed by atoms with Gasteiger partial charge in [-0.1, -0.05) is 37.5 Å². The topological polar surface area (TPSA) is 121 Å². The molecule has 1 aliphatic carbocycles. The van der Waals surface area contributed by atoms with Crippen molar-refractivity contribution in [2.45, 2.75) is 38.6 Å². The van der Waals surface area contributed by atoms with Gasteiger partial charge >= 0.3 is 0 Å². The maximum Gasteiger partial charge on any atom is 0.252 e. The summed E-state index contributed by atoms with van der Waals surface area (Å²) in [6, 6.07) is 9.83. The summed E-state index contributed by atoms with van der Waals surface area (Å²) in [5.74, 6) is 1.36. The second-order valence-electron chi connectivity index (χ2n) is 8.57. The van der Waals surface area contributed by atoms with E-state index in [1.54, 1.807) is 25.6 Å². The van der Waals surface area contributed by atoms with E-state index in [0.717, 1.165) is 17.4 Å². The smallest absolute Gasteiger partial charge is 0.252 e. The minimum absolute atomic E-state index is 0.256. The number of nitrogens with one attached hydrogen (secondary N) is 1. The van der Waals surface area contributed by atoms with Crippen LogP contribution >= 0.6 is 0 Å². The van der Waals surface area contributed by atoms with E-state index in [9.17, 15) is 4.79 Å². The number of anilines is 2. The molecule has 0 saturated heterocycles. The van der Waals surface area contributed by atoms with Crippen molar-refractivity contribution < 1.29 is 9.53 Å². The molecule has 9 heteroatoms. The molecule has 1 saturated carbocycles. The number of para-hydroxylation sites is 1. The van der Waals surface area contributed by atoms with Gasteiger partial charge in [-0.25, -0.2) is 9.97 Å². The minimum atomic E-state index is -0.587. The molecule has 1 aliphatic rings. The highest BCUT2D eigenvalue weighted by atomic mass is 16.5. The largest absolute Gasteiger partial charge is 0.491 e. The summed E-state index contributed by atoms with van der Waals surface area (Å²) < 4.78 is 7.55. The average molecular weight is 458 g/mol. The first-order valence-electron chi connectivity index (χ1n) is 11.5. The summed E-state index contributed by atoms with van der Waals surface area (Å²) in [5.41, 5.74) is 8.03. The van der Waals surface area contributed by atoms with Gasteiger partial charge in [0.1, 0.15) is 5.69 Å². The monoisotopic (exact) mass is 457 g/mol. The van der Waals surface area contributed by atoms with Crippen molar-refractivity contribution in [2.24, 2.45) is 11.7 Å². The second kappa shape index (κ2) is 9.46. The molecule has 0 atom stereocenters. The number of hydrogen-bond acceptors (Lipinski definition) is 7. The van der Waals surface area contributed by atoms with Crippen LogP contribution in [-0.4, -0.2) is 37.7 Å². The van der Waals surface area contributed by atoms with Gasteiger partial charge in [0.25, 0.3) is 5.91 Å². The Morgan fingerprint density at radius 3 is 2.79 bits per heavy atom. The van der Waals surface area contributed by atoms with Crippen molar-refractivity contribution in [2.75, 3.05) is 12.4 Å². The number of aromatic nitrogens is 5. The van der Waals surface area contributed by atoms with Gasteiger partial charge in [0.15, 0.2) is 17.4 Å². The Labute approximate surface area is 197 Å². The fourth-order valence-electron chi connectivity index (χ4n) is 4.60. The third kappa shape index (κ3) is 4.28. The first kappa shape index (κ1) is 21.8. The highest BCUT2D eigenvalue weighted by Crippen LogP contribution is 2.32. The zero-order chi connectivity index (χ0) is 23.5. The van der Waals surface area contributed by atoms with Crippen molar-refractivity contribution in [1.29, 1.82) is 0 Å². The zero-order valence-electron chi connectivity index (χ0n) is 19.1. The maximum atomic E-state index is 11.8. The Morgan fingerprint density at radius 1 is 1.18 bits per heavy atom. The van der Waals surface area contributed by atoms with Crippen LogP contribution < -0.4 is 15.8 Å². The number of pyridine rings is 1. The molecule has 9 nitrogen and oxygen atoms in total. The first-order chi connectivity index (χ1) is 16.6. The molecule has 1 fully saturated rings. The van der Waals surface area contributed by atoms with Crippen LogP contribution in [0.4, 0.5) is 11.5 Å². The molecule has 0 unspecified atom stereocenters. The fourth-order valence-corrected chi connectivity index (χ4v) is 4.60. The number of fused-ring (bicyclic) bond motifs is 1. The second-order valence-corrected chi connectivity index (χ2v) is 8.57. The van der Waals surface area contributed by atoms with Crippen molar-refractivity contribution >= 4 is 28.3 Å². The number of nitrogens with zero attached hydrogens (tertiary/aromatic N) is 5. The van der Waals surface area contributed by atoms with Gasteiger partial charge in [0, 0.05) is 24.3 Å². The third-order valence-corrected chi connectivity index (χ3v) is 6.34. The zero-order valence-corrected chi connectivity index (χ0v) is 19.1. The Balaban J connectivity index is 1.54. The van der Waals surface area contributed by atoms with Crippen molar-refractivity contribution in [3.8, 4) is 17.3 Å². The summed E-state index contributed by atoms with van der Waals surface area (Å²) in [6.45, 7) is 0.890. The molecule has 3 aromatic heterocycles. The molecule has 0 bridgehead atoms. The summed E-state index contributed by atoms with van der Waals surface area (Å²) in [7, 11) is 1.54. The Morgan fingerprint density at radius 2 is 2.00 bits per heavy atom. The van der Waals surface area contributed by atoms with Crippen molar-refractivity contribution in [3.05, 3.63) is 54.5 Å². The Kier molecular flexibility index (Phi) is 6.07. The van der Waals surface area contributed by atoms with Crippen LogP contribution in [0.1, 0.15) is 42.5 Å². The van der Waals surface area contributed by atoms with E-state index in [1.807, 2.05) is 18.2 Å². The number of methoxy groups -OCH3 is 1. The number of carbonyl (C=O) groups excluding carboxylic acids is 1. The maximum absolute atomic E-state index is 11.8. The number of hydrogen-bond donors (Lipinski definition) is 2. The third-order valence-electron chi connectivity index (χ3n) is 6.34. The van der Waals surface area contributed by atoms with Crippen LogP contribution in [0.2, 0.25) is 0 Å². The summed E-state index contributed by atoms with van der Waals surface area (Å²) in [5, 5.41) is 9.09. The van der Waals surface area contributed by atoms with E-state index in [4.69, 9.17) is 20.6 Å². The minimum Gasteiger partial charge on any atom is -0.491 e. The average Bonchev–Trinajstić information content (AvgIpc) is 3.23. The van der Waals surface area contributed by atoms with Crippen molar-refractivity contribution in [1.82, 2.24) is 24.7 Å². The lowest BCUT2D eigenvalue weighted by molar-refractivity contribution is 0.100. The van der Waals surface area contributed by atoms with Gasteiger partial charge in [0.05, 0.1) is 30.1 Å². The van der Waals surface area contributed by atoms with Gasteiger partial charge in [-0.2, -0.15) is 5.10 Å². The highest BCUT2D eigenvalue weighted by molar-refractivity contribution is 5.99. The number of nitrogens with two attached hydrogens (primary N) is 1. The van der Waals surface area contributed by atoms with Gasteiger partial charge in [-0.05, 0) is 30.9 Å². The molecule has 3 heterocycles. The van der Waals surface area contributed by atoms with Crippen LogP contribution in [0, 0.1) is 5.92 Å². The number of benzene rings is 1. The van der Waals surface area contributed by atoms with Crippen LogP contribution in [0.3, 0.4) is 0 Å². The molecule has 5 rings (SSSR count). The number of amides is 1. The molecule has 3 N–H and O–H groups in total. The van der Waals surface area contributed by atoms with E-state index < -0.39 is 5.91 Å². The molecular weight excluding hydrogens is 430 g/mol. The van der Waals surface area contributed by atoms with Gasteiger partial charge in [-0.3, -0.25) is 14.5 Å². The van der Waals surface area contributed by atoms with Gasteiger partial charge in [-0.15, -0.1) is 0 Å². The molecule has 0 spiro atoms. The lowest BCUT2D eigenvalue weighted by Crippen LogP contribution is -2.15. The van der Waals surface area contributed by atoms with Crippen LogP contribution in [0.5, 0.6) is 5.75 Å². The molecule has 1 aromatic carbocycles. The van der Waals surface area contributed by atoms with Crippen molar-refractivity contribution in [3.63, 3.8) is 0 Å². The number of primary amides is 1. The van der Waals surface area contributed by atoms with Crippen LogP contribution in [0.15, 0.2) is 48.9 Å². The van der Waals surface area contributed by atoms with E-state index in [1.165, 1.54) is 38.3 Å². The molecule has 0 radical (unpaired) electrons. The summed E-state index contributed by atoms with van der Waals surface area (Å²) in [4.78, 5) is 25.1. The van der Waals surface area contributed by atoms with Crippen LogP contribution in [0.25, 0.3) is 22.4 Å². The predicted molar refractivity (Wildman–Crippen MR) is 130 cm³/mol. The van der Waals surface area contributed by atoms with Gasteiger partial charge in [0.2, 0.25) is 0 Å². The highest BCUT2D eigenvalue weighted by Gasteiger charge is 2.21. The quantitative estimate of drug-likeness (QED) is 0.424. The molecule has 4 aromatic rings. The summed E-state index contributed by atoms with van der Waals surface area (Å²) >= 11 is 0. The number of carbonyl (C=O) groups is 1. The number of ether oxygens (including phenoxy) is 1. The first-order valence-corrected chi connectivity index (χ1v) is 11.5. The van der Waals surface area contributed by atoms with Crippen LogP contribution in [-0.2, 0) is 6.54 Å².